The van der Waals surface area contributed by atoms with Gasteiger partial charge in [-0.05, 0) is 42.7 Å². The Morgan fingerprint density at radius 2 is 1.54 bits per heavy atom. The minimum absolute atomic E-state index is 0.227. The van der Waals surface area contributed by atoms with Crippen molar-refractivity contribution in [3.8, 4) is 0 Å². The molecule has 0 saturated carbocycles. The van der Waals surface area contributed by atoms with Crippen molar-refractivity contribution >= 4 is 11.7 Å². The summed E-state index contributed by atoms with van der Waals surface area (Å²) in [5.41, 5.74) is 1.40. The summed E-state index contributed by atoms with van der Waals surface area (Å²) in [6, 6.07) is 25.1. The molecule has 144 valence electrons. The van der Waals surface area contributed by atoms with Gasteiger partial charge in [-0.3, -0.25) is 0 Å². The van der Waals surface area contributed by atoms with E-state index in [-0.39, 0.29) is 6.61 Å². The third-order valence-corrected chi connectivity index (χ3v) is 4.70. The molecule has 0 heterocycles. The van der Waals surface area contributed by atoms with Crippen LogP contribution in [0.4, 0.5) is 5.69 Å². The molecule has 1 unspecified atom stereocenters. The summed E-state index contributed by atoms with van der Waals surface area (Å²) in [6.45, 7) is 3.96. The quantitative estimate of drug-likeness (QED) is 0.606. The van der Waals surface area contributed by atoms with Crippen LogP contribution in [0.5, 0.6) is 0 Å². The molecule has 0 aliphatic rings. The highest BCUT2D eigenvalue weighted by Gasteiger charge is 2.45. The summed E-state index contributed by atoms with van der Waals surface area (Å²) < 4.78 is 5.33. The number of hydrogen-bond donors (Lipinski definition) is 2. The van der Waals surface area contributed by atoms with Gasteiger partial charge in [-0.25, -0.2) is 4.79 Å². The van der Waals surface area contributed by atoms with Crippen molar-refractivity contribution in [3.05, 3.63) is 102 Å². The Morgan fingerprint density at radius 1 is 0.964 bits per heavy atom. The molecule has 0 spiro atoms. The SMILES string of the molecule is CCOC(=O)C(Nc1cccc(C)c1)C(O)(c1ccccc1)c1ccccc1. The van der Waals surface area contributed by atoms with E-state index in [1.54, 1.807) is 6.92 Å². The second-order valence-electron chi connectivity index (χ2n) is 6.70. The molecule has 4 nitrogen and oxygen atoms in total. The number of aryl methyl sites for hydroxylation is 1. The smallest absolute Gasteiger partial charge is 0.332 e. The second-order valence-corrected chi connectivity index (χ2v) is 6.70. The average Bonchev–Trinajstić information content (AvgIpc) is 2.73. The Balaban J connectivity index is 2.15. The monoisotopic (exact) mass is 375 g/mol. The fourth-order valence-electron chi connectivity index (χ4n) is 3.35. The molecule has 1 atom stereocenters. The van der Waals surface area contributed by atoms with Crippen LogP contribution in [0.2, 0.25) is 0 Å². The van der Waals surface area contributed by atoms with Crippen LogP contribution in [-0.2, 0) is 15.1 Å². The predicted octanol–water partition coefficient (Wildman–Crippen LogP) is 4.27. The first-order valence-electron chi connectivity index (χ1n) is 9.39. The van der Waals surface area contributed by atoms with Gasteiger partial charge in [0.15, 0.2) is 6.04 Å². The lowest BCUT2D eigenvalue weighted by Crippen LogP contribution is -2.51. The number of nitrogens with one attached hydrogen (secondary N) is 1. The zero-order chi connectivity index (χ0) is 20.0. The number of esters is 1. The molecular weight excluding hydrogens is 350 g/mol. The van der Waals surface area contributed by atoms with E-state index in [1.165, 1.54) is 0 Å². The average molecular weight is 375 g/mol. The van der Waals surface area contributed by atoms with E-state index in [4.69, 9.17) is 4.74 Å². The van der Waals surface area contributed by atoms with E-state index >= 15 is 0 Å². The first kappa shape index (κ1) is 19.6. The van der Waals surface area contributed by atoms with E-state index in [0.717, 1.165) is 11.3 Å². The van der Waals surface area contributed by atoms with Crippen molar-refractivity contribution < 1.29 is 14.6 Å². The fourth-order valence-corrected chi connectivity index (χ4v) is 3.35. The van der Waals surface area contributed by atoms with Crippen molar-refractivity contribution in [1.82, 2.24) is 0 Å². The molecular formula is C24H25NO3. The summed E-state index contributed by atoms with van der Waals surface area (Å²) >= 11 is 0. The fraction of sp³-hybridized carbons (Fsp3) is 0.208. The van der Waals surface area contributed by atoms with Gasteiger partial charge in [0.1, 0.15) is 5.60 Å². The molecule has 0 aliphatic carbocycles. The number of anilines is 1. The molecule has 0 radical (unpaired) electrons. The maximum atomic E-state index is 13.0. The van der Waals surface area contributed by atoms with Crippen molar-refractivity contribution in [2.24, 2.45) is 0 Å². The highest BCUT2D eigenvalue weighted by Crippen LogP contribution is 2.35. The van der Waals surface area contributed by atoms with Crippen LogP contribution in [0.25, 0.3) is 0 Å². The Hall–Kier alpha value is -3.11. The van der Waals surface area contributed by atoms with Crippen molar-refractivity contribution in [1.29, 1.82) is 0 Å². The van der Waals surface area contributed by atoms with Gasteiger partial charge in [-0.15, -0.1) is 0 Å². The summed E-state index contributed by atoms with van der Waals surface area (Å²) in [5.74, 6) is -0.515. The highest BCUT2D eigenvalue weighted by atomic mass is 16.5. The van der Waals surface area contributed by atoms with Crippen LogP contribution >= 0.6 is 0 Å². The number of carbonyl (C=O) groups excluding carboxylic acids is 1. The molecule has 0 aliphatic heterocycles. The zero-order valence-corrected chi connectivity index (χ0v) is 16.1. The lowest BCUT2D eigenvalue weighted by atomic mass is 9.80. The number of benzene rings is 3. The number of rotatable bonds is 7. The summed E-state index contributed by atoms with van der Waals surface area (Å²) in [6.07, 6.45) is 0. The summed E-state index contributed by atoms with van der Waals surface area (Å²) in [5, 5.41) is 15.2. The lowest BCUT2D eigenvalue weighted by Gasteiger charge is -2.36. The minimum Gasteiger partial charge on any atom is -0.464 e. The highest BCUT2D eigenvalue weighted by molar-refractivity contribution is 5.82. The largest absolute Gasteiger partial charge is 0.464 e. The molecule has 28 heavy (non-hydrogen) atoms. The summed E-state index contributed by atoms with van der Waals surface area (Å²) in [4.78, 5) is 13.0. The van der Waals surface area contributed by atoms with Crippen molar-refractivity contribution in [2.45, 2.75) is 25.5 Å². The van der Waals surface area contributed by atoms with E-state index in [2.05, 4.69) is 5.32 Å². The molecule has 3 aromatic rings. The molecule has 2 N–H and O–H groups in total. The molecule has 0 fully saturated rings. The third-order valence-electron chi connectivity index (χ3n) is 4.70. The predicted molar refractivity (Wildman–Crippen MR) is 111 cm³/mol. The molecule has 3 aromatic carbocycles. The number of hydrogen-bond acceptors (Lipinski definition) is 4. The molecule has 0 amide bonds. The Bertz CT molecular complexity index is 870. The van der Waals surface area contributed by atoms with Gasteiger partial charge in [0.05, 0.1) is 6.61 Å². The van der Waals surface area contributed by atoms with E-state index in [0.29, 0.717) is 11.1 Å². The first-order chi connectivity index (χ1) is 13.6. The van der Waals surface area contributed by atoms with E-state index < -0.39 is 17.6 Å². The molecule has 3 rings (SSSR count). The number of aliphatic hydroxyl groups is 1. The van der Waals surface area contributed by atoms with Crippen LogP contribution in [0.15, 0.2) is 84.9 Å². The maximum Gasteiger partial charge on any atom is 0.332 e. The molecule has 0 bridgehead atoms. The van der Waals surface area contributed by atoms with Crippen molar-refractivity contribution in [3.63, 3.8) is 0 Å². The zero-order valence-electron chi connectivity index (χ0n) is 16.1. The van der Waals surface area contributed by atoms with Crippen LogP contribution in [0.3, 0.4) is 0 Å². The van der Waals surface area contributed by atoms with Crippen LogP contribution in [-0.4, -0.2) is 23.7 Å². The number of ether oxygens (including phenoxy) is 1. The van der Waals surface area contributed by atoms with Gasteiger partial charge >= 0.3 is 5.97 Å². The van der Waals surface area contributed by atoms with Crippen molar-refractivity contribution in [2.75, 3.05) is 11.9 Å². The molecule has 0 aromatic heterocycles. The summed E-state index contributed by atoms with van der Waals surface area (Å²) in [7, 11) is 0. The van der Waals surface area contributed by atoms with E-state index in [9.17, 15) is 9.90 Å². The molecule has 4 heteroatoms. The lowest BCUT2D eigenvalue weighted by molar-refractivity contribution is -0.149. The van der Waals surface area contributed by atoms with Crippen LogP contribution < -0.4 is 5.32 Å². The Kier molecular flexibility index (Phi) is 6.12. The van der Waals surface area contributed by atoms with Gasteiger partial charge in [-0.2, -0.15) is 0 Å². The van der Waals surface area contributed by atoms with E-state index in [1.807, 2.05) is 91.9 Å². The van der Waals surface area contributed by atoms with Gasteiger partial charge in [0.2, 0.25) is 0 Å². The van der Waals surface area contributed by atoms with Gasteiger partial charge in [0.25, 0.3) is 0 Å². The van der Waals surface area contributed by atoms with Crippen LogP contribution in [0, 0.1) is 6.92 Å². The Morgan fingerprint density at radius 3 is 2.04 bits per heavy atom. The van der Waals surface area contributed by atoms with Gasteiger partial charge < -0.3 is 15.2 Å². The van der Waals surface area contributed by atoms with Gasteiger partial charge in [0, 0.05) is 5.69 Å². The third kappa shape index (κ3) is 4.07. The molecule has 0 saturated heterocycles. The maximum absolute atomic E-state index is 13.0. The standard InChI is InChI=1S/C24H25NO3/c1-3-28-23(26)22(25-21-16-10-11-18(2)17-21)24(27,19-12-6-4-7-13-19)20-14-8-5-9-15-20/h4-17,22,25,27H,3H2,1-2H3. The first-order valence-corrected chi connectivity index (χ1v) is 9.39. The Labute approximate surface area is 165 Å². The van der Waals surface area contributed by atoms with Crippen LogP contribution in [0.1, 0.15) is 23.6 Å². The van der Waals surface area contributed by atoms with Gasteiger partial charge in [-0.1, -0.05) is 72.8 Å². The second kappa shape index (κ2) is 8.72. The number of carbonyl (C=O) groups is 1. The topological polar surface area (TPSA) is 58.6 Å². The minimum atomic E-state index is -1.61. The normalized spacial score (nSPS) is 12.2.